The highest BCUT2D eigenvalue weighted by Gasteiger charge is 2.37. The van der Waals surface area contributed by atoms with Gasteiger partial charge in [-0.3, -0.25) is 9.80 Å². The summed E-state index contributed by atoms with van der Waals surface area (Å²) in [4.78, 5) is 5.28. The van der Waals surface area contributed by atoms with Crippen LogP contribution in [0.2, 0.25) is 0 Å². The van der Waals surface area contributed by atoms with Gasteiger partial charge in [-0.25, -0.2) is 0 Å². The number of nitrogens with one attached hydrogen (secondary N) is 1. The minimum absolute atomic E-state index is 0.402. The van der Waals surface area contributed by atoms with Crippen LogP contribution in [0.4, 0.5) is 0 Å². The molecule has 0 saturated carbocycles. The number of nitrogens with zero attached hydrogens (tertiary/aromatic N) is 2. The summed E-state index contributed by atoms with van der Waals surface area (Å²) in [6.45, 7) is 6.10. The van der Waals surface area contributed by atoms with Gasteiger partial charge in [0.15, 0.2) is 0 Å². The van der Waals surface area contributed by atoms with Crippen molar-refractivity contribution in [2.24, 2.45) is 0 Å². The van der Waals surface area contributed by atoms with Crippen molar-refractivity contribution in [2.75, 3.05) is 39.8 Å². The van der Waals surface area contributed by atoms with E-state index in [4.69, 9.17) is 0 Å². The Morgan fingerprint density at radius 3 is 2.48 bits per heavy atom. The first-order valence-electron chi connectivity index (χ1n) is 7.98. The Morgan fingerprint density at radius 1 is 1.00 bits per heavy atom. The van der Waals surface area contributed by atoms with Crippen molar-refractivity contribution in [3.8, 4) is 0 Å². The van der Waals surface area contributed by atoms with Crippen molar-refractivity contribution < 1.29 is 0 Å². The van der Waals surface area contributed by atoms with E-state index in [-0.39, 0.29) is 0 Å². The Morgan fingerprint density at radius 2 is 1.76 bits per heavy atom. The SMILES string of the molecule is CNC(c1cccc2ccccc12)C1CN2CCN1CC2. The van der Waals surface area contributed by atoms with Crippen LogP contribution in [0.3, 0.4) is 0 Å². The van der Waals surface area contributed by atoms with Crippen LogP contribution in [0.25, 0.3) is 10.8 Å². The molecular weight excluding hydrogens is 258 g/mol. The first-order chi connectivity index (χ1) is 10.4. The molecule has 3 aliphatic heterocycles. The molecule has 3 aliphatic rings. The molecule has 2 unspecified atom stereocenters. The molecule has 2 aromatic carbocycles. The molecular formula is C18H23N3. The number of fused-ring (bicyclic) bond motifs is 4. The number of likely N-dealkylation sites (N-methyl/N-ethyl adjacent to an activating group) is 1. The van der Waals surface area contributed by atoms with Crippen molar-refractivity contribution in [3.63, 3.8) is 0 Å². The molecule has 3 saturated heterocycles. The highest BCUT2D eigenvalue weighted by molar-refractivity contribution is 5.86. The van der Waals surface area contributed by atoms with E-state index in [1.807, 2.05) is 0 Å². The predicted octanol–water partition coefficient (Wildman–Crippen LogP) is 2.10. The number of benzene rings is 2. The minimum Gasteiger partial charge on any atom is -0.312 e. The summed E-state index contributed by atoms with van der Waals surface area (Å²) in [5, 5.41) is 6.32. The number of rotatable bonds is 3. The summed E-state index contributed by atoms with van der Waals surface area (Å²) in [5.41, 5.74) is 1.44. The molecule has 21 heavy (non-hydrogen) atoms. The number of hydrogen-bond donors (Lipinski definition) is 1. The fraction of sp³-hybridized carbons (Fsp3) is 0.444. The van der Waals surface area contributed by atoms with Crippen LogP contribution in [0.1, 0.15) is 11.6 Å². The van der Waals surface area contributed by atoms with Gasteiger partial charge in [-0.05, 0) is 23.4 Å². The maximum absolute atomic E-state index is 3.60. The zero-order valence-electron chi connectivity index (χ0n) is 12.6. The highest BCUT2D eigenvalue weighted by Crippen LogP contribution is 2.31. The monoisotopic (exact) mass is 281 g/mol. The molecule has 110 valence electrons. The molecule has 0 aliphatic carbocycles. The van der Waals surface area contributed by atoms with Crippen molar-refractivity contribution in [1.29, 1.82) is 0 Å². The van der Waals surface area contributed by atoms with Crippen LogP contribution in [-0.4, -0.2) is 55.6 Å². The fourth-order valence-electron chi connectivity index (χ4n) is 4.05. The fourth-order valence-corrected chi connectivity index (χ4v) is 4.05. The van der Waals surface area contributed by atoms with Crippen molar-refractivity contribution in [2.45, 2.75) is 12.1 Å². The molecule has 0 amide bonds. The van der Waals surface area contributed by atoms with Crippen molar-refractivity contribution >= 4 is 10.8 Å². The standard InChI is InChI=1S/C18H23N3/c1-19-18(17-13-20-9-11-21(17)12-10-20)16-8-4-6-14-5-2-3-7-15(14)16/h2-8,17-19H,9-13H2,1H3. The molecule has 3 nitrogen and oxygen atoms in total. The number of hydrogen-bond acceptors (Lipinski definition) is 3. The van der Waals surface area contributed by atoms with Crippen LogP contribution in [0, 0.1) is 0 Å². The molecule has 0 radical (unpaired) electrons. The van der Waals surface area contributed by atoms with Gasteiger partial charge in [0.1, 0.15) is 0 Å². The zero-order chi connectivity index (χ0) is 14.2. The topological polar surface area (TPSA) is 18.5 Å². The van der Waals surface area contributed by atoms with Gasteiger partial charge in [0.05, 0.1) is 0 Å². The lowest BCUT2D eigenvalue weighted by Gasteiger charge is -2.50. The first-order valence-corrected chi connectivity index (χ1v) is 7.98. The summed E-state index contributed by atoms with van der Waals surface area (Å²) in [5.74, 6) is 0. The van der Waals surface area contributed by atoms with E-state index < -0.39 is 0 Å². The van der Waals surface area contributed by atoms with Crippen molar-refractivity contribution in [1.82, 2.24) is 15.1 Å². The van der Waals surface area contributed by atoms with E-state index >= 15 is 0 Å². The highest BCUT2D eigenvalue weighted by atomic mass is 15.4. The largest absolute Gasteiger partial charge is 0.312 e. The van der Waals surface area contributed by atoms with E-state index in [2.05, 4.69) is 64.6 Å². The zero-order valence-corrected chi connectivity index (χ0v) is 12.6. The molecule has 3 heterocycles. The lowest BCUT2D eigenvalue weighted by atomic mass is 9.90. The number of piperazine rings is 3. The van der Waals surface area contributed by atoms with E-state index in [1.165, 1.54) is 49.1 Å². The Bertz CT molecular complexity index is 626. The van der Waals surface area contributed by atoms with Crippen LogP contribution < -0.4 is 5.32 Å². The molecule has 3 fully saturated rings. The van der Waals surface area contributed by atoms with Gasteiger partial charge in [0.25, 0.3) is 0 Å². The maximum Gasteiger partial charge on any atom is 0.0494 e. The molecule has 2 atom stereocenters. The van der Waals surface area contributed by atoms with E-state index in [1.54, 1.807) is 0 Å². The molecule has 2 aromatic rings. The second-order valence-corrected chi connectivity index (χ2v) is 6.24. The van der Waals surface area contributed by atoms with Crippen LogP contribution in [0.15, 0.2) is 42.5 Å². The van der Waals surface area contributed by atoms with E-state index in [0.29, 0.717) is 12.1 Å². The van der Waals surface area contributed by atoms with Gasteiger partial charge >= 0.3 is 0 Å². The van der Waals surface area contributed by atoms with Gasteiger partial charge in [-0.15, -0.1) is 0 Å². The quantitative estimate of drug-likeness (QED) is 0.929. The summed E-state index contributed by atoms with van der Waals surface area (Å²) in [6, 6.07) is 16.4. The third-order valence-corrected chi connectivity index (χ3v) is 5.18. The molecule has 1 N–H and O–H groups in total. The normalized spacial score (nSPS) is 29.7. The molecule has 3 heteroatoms. The smallest absolute Gasteiger partial charge is 0.0494 e. The van der Waals surface area contributed by atoms with Gasteiger partial charge < -0.3 is 5.32 Å². The van der Waals surface area contributed by atoms with Crippen LogP contribution >= 0.6 is 0 Å². The van der Waals surface area contributed by atoms with Gasteiger partial charge in [0.2, 0.25) is 0 Å². The third kappa shape index (κ3) is 2.26. The third-order valence-electron chi connectivity index (χ3n) is 5.18. The van der Waals surface area contributed by atoms with Crippen molar-refractivity contribution in [3.05, 3.63) is 48.0 Å². The second kappa shape index (κ2) is 5.41. The average molecular weight is 281 g/mol. The molecule has 0 spiro atoms. The molecule has 0 aromatic heterocycles. The Kier molecular flexibility index (Phi) is 3.42. The van der Waals surface area contributed by atoms with Gasteiger partial charge in [-0.1, -0.05) is 42.5 Å². The summed E-state index contributed by atoms with van der Waals surface area (Å²) in [7, 11) is 2.10. The Labute approximate surface area is 126 Å². The summed E-state index contributed by atoms with van der Waals surface area (Å²) < 4.78 is 0. The Balaban J connectivity index is 1.75. The molecule has 2 bridgehead atoms. The lowest BCUT2D eigenvalue weighted by molar-refractivity contribution is -0.00233. The Hall–Kier alpha value is -1.42. The average Bonchev–Trinajstić information content (AvgIpc) is 2.57. The first kappa shape index (κ1) is 13.3. The summed E-state index contributed by atoms with van der Waals surface area (Å²) >= 11 is 0. The van der Waals surface area contributed by atoms with Crippen LogP contribution in [0.5, 0.6) is 0 Å². The predicted molar refractivity (Wildman–Crippen MR) is 87.5 cm³/mol. The van der Waals surface area contributed by atoms with E-state index in [0.717, 1.165) is 0 Å². The minimum atomic E-state index is 0.402. The summed E-state index contributed by atoms with van der Waals surface area (Å²) in [6.07, 6.45) is 0. The van der Waals surface area contributed by atoms with Gasteiger partial charge in [0, 0.05) is 44.8 Å². The van der Waals surface area contributed by atoms with E-state index in [9.17, 15) is 0 Å². The maximum atomic E-state index is 3.60. The molecule has 5 rings (SSSR count). The second-order valence-electron chi connectivity index (χ2n) is 6.24. The van der Waals surface area contributed by atoms with Crippen LogP contribution in [-0.2, 0) is 0 Å². The van der Waals surface area contributed by atoms with Gasteiger partial charge in [-0.2, -0.15) is 0 Å². The lowest BCUT2D eigenvalue weighted by Crippen LogP contribution is -2.63.